The molecule has 0 saturated heterocycles. The molecule has 2 aromatic carbocycles. The zero-order valence-electron chi connectivity index (χ0n) is 12.9. The van der Waals surface area contributed by atoms with Gasteiger partial charge >= 0.3 is 0 Å². The molecule has 112 valence electrons. The molecule has 0 aliphatic heterocycles. The number of benzene rings is 2. The maximum atomic E-state index is 9.57. The second kappa shape index (κ2) is 5.95. The van der Waals surface area contributed by atoms with Crippen LogP contribution in [0.2, 0.25) is 0 Å². The van der Waals surface area contributed by atoms with Crippen LogP contribution in [0.3, 0.4) is 0 Å². The van der Waals surface area contributed by atoms with E-state index in [1.54, 1.807) is 12.1 Å². The Balaban J connectivity index is 2.21. The van der Waals surface area contributed by atoms with Crippen molar-refractivity contribution in [3.05, 3.63) is 47.5 Å². The molecule has 0 saturated carbocycles. The summed E-state index contributed by atoms with van der Waals surface area (Å²) >= 11 is 0. The normalized spacial score (nSPS) is 12.0. The molecular weight excluding hydrogens is 264 g/mol. The van der Waals surface area contributed by atoms with Gasteiger partial charge in [-0.2, -0.15) is 0 Å². The number of anilines is 2. The quantitative estimate of drug-likeness (QED) is 0.803. The number of nitrogens with zero attached hydrogens (tertiary/aromatic N) is 1. The first-order valence-corrected chi connectivity index (χ1v) is 6.94. The molecule has 0 aliphatic rings. The predicted octanol–water partition coefficient (Wildman–Crippen LogP) is 3.65. The monoisotopic (exact) mass is 286 g/mol. The van der Waals surface area contributed by atoms with Crippen LogP contribution >= 0.6 is 0 Å². The summed E-state index contributed by atoms with van der Waals surface area (Å²) in [6.07, 6.45) is 0. The van der Waals surface area contributed by atoms with Gasteiger partial charge in [-0.1, -0.05) is 0 Å². The summed E-state index contributed by atoms with van der Waals surface area (Å²) in [5, 5.41) is 22.5. The molecule has 0 bridgehead atoms. The first-order chi connectivity index (χ1) is 9.86. The van der Waals surface area contributed by atoms with Crippen molar-refractivity contribution in [1.29, 1.82) is 0 Å². The van der Waals surface area contributed by atoms with Gasteiger partial charge in [0.2, 0.25) is 0 Å². The molecule has 3 N–H and O–H groups in total. The molecule has 4 nitrogen and oxygen atoms in total. The minimum absolute atomic E-state index is 0.0214. The van der Waals surface area contributed by atoms with Gasteiger partial charge in [0, 0.05) is 37.6 Å². The molecule has 0 heterocycles. The SMILES string of the molecule is Cc1cc(N(C)C)ccc1NC(C)c1cc(O)cc(O)c1. The maximum Gasteiger partial charge on any atom is 0.119 e. The van der Waals surface area contributed by atoms with Crippen molar-refractivity contribution in [2.45, 2.75) is 19.9 Å². The fraction of sp³-hybridized carbons (Fsp3) is 0.294. The summed E-state index contributed by atoms with van der Waals surface area (Å²) in [4.78, 5) is 2.06. The number of hydrogen-bond donors (Lipinski definition) is 3. The van der Waals surface area contributed by atoms with Crippen LogP contribution in [0.1, 0.15) is 24.1 Å². The molecule has 21 heavy (non-hydrogen) atoms. The molecule has 0 aliphatic carbocycles. The largest absolute Gasteiger partial charge is 0.508 e. The van der Waals surface area contributed by atoms with Gasteiger partial charge in [0.05, 0.1) is 0 Å². The van der Waals surface area contributed by atoms with Crippen LogP contribution in [0.5, 0.6) is 11.5 Å². The van der Waals surface area contributed by atoms with Gasteiger partial charge in [-0.15, -0.1) is 0 Å². The number of nitrogens with one attached hydrogen (secondary N) is 1. The van der Waals surface area contributed by atoms with E-state index in [-0.39, 0.29) is 17.5 Å². The summed E-state index contributed by atoms with van der Waals surface area (Å²) in [7, 11) is 4.03. The fourth-order valence-electron chi connectivity index (χ4n) is 2.27. The molecule has 4 heteroatoms. The Bertz CT molecular complexity index is 618. The van der Waals surface area contributed by atoms with Crippen molar-refractivity contribution in [3.63, 3.8) is 0 Å². The van der Waals surface area contributed by atoms with Crippen LogP contribution < -0.4 is 10.2 Å². The first kappa shape index (κ1) is 15.0. The first-order valence-electron chi connectivity index (χ1n) is 6.94. The van der Waals surface area contributed by atoms with Gasteiger partial charge in [0.25, 0.3) is 0 Å². The Hall–Kier alpha value is -2.36. The molecule has 1 atom stereocenters. The van der Waals surface area contributed by atoms with Gasteiger partial charge < -0.3 is 20.4 Å². The van der Waals surface area contributed by atoms with Gasteiger partial charge in [-0.3, -0.25) is 0 Å². The van der Waals surface area contributed by atoms with Crippen molar-refractivity contribution < 1.29 is 10.2 Å². The third-order valence-electron chi connectivity index (χ3n) is 3.52. The molecule has 0 amide bonds. The van der Waals surface area contributed by atoms with Crippen LogP contribution in [0.25, 0.3) is 0 Å². The maximum absolute atomic E-state index is 9.57. The van der Waals surface area contributed by atoms with Crippen molar-refractivity contribution in [2.75, 3.05) is 24.3 Å². The van der Waals surface area contributed by atoms with E-state index in [0.717, 1.165) is 22.5 Å². The summed E-state index contributed by atoms with van der Waals surface area (Å²) in [5.74, 6) is 0.136. The van der Waals surface area contributed by atoms with Crippen molar-refractivity contribution in [2.24, 2.45) is 0 Å². The van der Waals surface area contributed by atoms with E-state index in [9.17, 15) is 10.2 Å². The van der Waals surface area contributed by atoms with E-state index in [2.05, 4.69) is 29.3 Å². The van der Waals surface area contributed by atoms with E-state index in [0.29, 0.717) is 0 Å². The highest BCUT2D eigenvalue weighted by molar-refractivity contribution is 5.60. The Morgan fingerprint density at radius 3 is 2.14 bits per heavy atom. The van der Waals surface area contributed by atoms with Gasteiger partial charge in [0.15, 0.2) is 0 Å². The third kappa shape index (κ3) is 3.60. The van der Waals surface area contributed by atoms with E-state index in [1.807, 2.05) is 27.1 Å². The lowest BCUT2D eigenvalue weighted by atomic mass is 10.1. The highest BCUT2D eigenvalue weighted by atomic mass is 16.3. The number of aryl methyl sites for hydroxylation is 1. The Morgan fingerprint density at radius 2 is 1.62 bits per heavy atom. The van der Waals surface area contributed by atoms with E-state index >= 15 is 0 Å². The molecule has 2 rings (SSSR count). The van der Waals surface area contributed by atoms with Crippen molar-refractivity contribution in [1.82, 2.24) is 0 Å². The standard InChI is InChI=1S/C17H22N2O2/c1-11-7-14(19(3)4)5-6-17(11)18-12(2)13-8-15(20)10-16(21)9-13/h5-10,12,18,20-21H,1-4H3. The van der Waals surface area contributed by atoms with Crippen LogP contribution in [-0.2, 0) is 0 Å². The number of rotatable bonds is 4. The highest BCUT2D eigenvalue weighted by Gasteiger charge is 2.10. The van der Waals surface area contributed by atoms with E-state index in [1.165, 1.54) is 6.07 Å². The number of aromatic hydroxyl groups is 2. The lowest BCUT2D eigenvalue weighted by Gasteiger charge is -2.20. The van der Waals surface area contributed by atoms with Gasteiger partial charge in [-0.25, -0.2) is 0 Å². The molecule has 1 unspecified atom stereocenters. The minimum Gasteiger partial charge on any atom is -0.508 e. The summed E-state index contributed by atoms with van der Waals surface area (Å²) in [6, 6.07) is 10.8. The Morgan fingerprint density at radius 1 is 1.00 bits per heavy atom. The lowest BCUT2D eigenvalue weighted by Crippen LogP contribution is -2.10. The van der Waals surface area contributed by atoms with E-state index < -0.39 is 0 Å². The smallest absolute Gasteiger partial charge is 0.119 e. The highest BCUT2D eigenvalue weighted by Crippen LogP contribution is 2.29. The van der Waals surface area contributed by atoms with E-state index in [4.69, 9.17) is 0 Å². The van der Waals surface area contributed by atoms with Crippen LogP contribution in [0.15, 0.2) is 36.4 Å². The van der Waals surface area contributed by atoms with Gasteiger partial charge in [0.1, 0.15) is 11.5 Å². The average Bonchev–Trinajstić information content (AvgIpc) is 2.39. The summed E-state index contributed by atoms with van der Waals surface area (Å²) in [6.45, 7) is 4.05. The van der Waals surface area contributed by atoms with Crippen molar-refractivity contribution in [3.8, 4) is 11.5 Å². The Kier molecular flexibility index (Phi) is 4.26. The second-order valence-corrected chi connectivity index (χ2v) is 5.54. The summed E-state index contributed by atoms with van der Waals surface area (Å²) < 4.78 is 0. The topological polar surface area (TPSA) is 55.7 Å². The minimum atomic E-state index is -0.0214. The fourth-order valence-corrected chi connectivity index (χ4v) is 2.27. The predicted molar refractivity (Wildman–Crippen MR) is 87.3 cm³/mol. The second-order valence-electron chi connectivity index (χ2n) is 5.54. The van der Waals surface area contributed by atoms with Crippen LogP contribution in [-0.4, -0.2) is 24.3 Å². The molecule has 0 spiro atoms. The zero-order valence-corrected chi connectivity index (χ0v) is 12.9. The van der Waals surface area contributed by atoms with Crippen LogP contribution in [0.4, 0.5) is 11.4 Å². The number of phenols is 2. The average molecular weight is 286 g/mol. The summed E-state index contributed by atoms with van der Waals surface area (Å²) in [5.41, 5.74) is 4.18. The van der Waals surface area contributed by atoms with Crippen molar-refractivity contribution >= 4 is 11.4 Å². The third-order valence-corrected chi connectivity index (χ3v) is 3.52. The number of hydrogen-bond acceptors (Lipinski definition) is 4. The molecule has 2 aromatic rings. The van der Waals surface area contributed by atoms with Crippen LogP contribution in [0, 0.1) is 6.92 Å². The number of phenolic OH excluding ortho intramolecular Hbond substituents is 2. The molecule has 0 radical (unpaired) electrons. The molecule has 0 fully saturated rings. The van der Waals surface area contributed by atoms with Gasteiger partial charge in [-0.05, 0) is 55.3 Å². The molecule has 0 aromatic heterocycles. The zero-order chi connectivity index (χ0) is 15.6. The lowest BCUT2D eigenvalue weighted by molar-refractivity contribution is 0.448. The molecular formula is C17H22N2O2. The Labute approximate surface area is 125 Å².